The summed E-state index contributed by atoms with van der Waals surface area (Å²) in [7, 11) is 0. The molecular formula is C31H36N6O6. The van der Waals surface area contributed by atoms with Gasteiger partial charge in [0, 0.05) is 47.2 Å². The summed E-state index contributed by atoms with van der Waals surface area (Å²) in [5, 5.41) is 27.0. The molecule has 3 amide bonds. The molecule has 4 aromatic rings. The zero-order valence-electron chi connectivity index (χ0n) is 23.7. The Morgan fingerprint density at radius 1 is 0.953 bits per heavy atom. The molecule has 1 aliphatic rings. The third-order valence-corrected chi connectivity index (χ3v) is 8.05. The number of aliphatic carboxylic acids is 1. The number of hydrogen-bond acceptors (Lipinski definition) is 6. The van der Waals surface area contributed by atoms with E-state index < -0.39 is 48.1 Å². The SMILES string of the molecule is CC(O)C(NC(=O)C1CCCN1C(=O)C(N)Cc1c[nH]c2ccccc12)C(=O)NC(Cc1c[nH]c2ccccc12)C(=O)O. The Morgan fingerprint density at radius 3 is 2.12 bits per heavy atom. The van der Waals surface area contributed by atoms with Gasteiger partial charge in [-0.25, -0.2) is 4.79 Å². The molecule has 5 unspecified atom stereocenters. The monoisotopic (exact) mass is 588 g/mol. The number of aliphatic hydroxyl groups excluding tert-OH is 1. The Hall–Kier alpha value is -4.68. The number of likely N-dealkylation sites (tertiary alicyclic amines) is 1. The molecule has 2 aromatic carbocycles. The van der Waals surface area contributed by atoms with Crippen molar-refractivity contribution < 1.29 is 29.4 Å². The van der Waals surface area contributed by atoms with Gasteiger partial charge >= 0.3 is 5.97 Å². The summed E-state index contributed by atoms with van der Waals surface area (Å²) >= 11 is 0. The second kappa shape index (κ2) is 12.7. The first-order valence-corrected chi connectivity index (χ1v) is 14.3. The summed E-state index contributed by atoms with van der Waals surface area (Å²) in [6.45, 7) is 1.66. The Morgan fingerprint density at radius 2 is 1.53 bits per heavy atom. The lowest BCUT2D eigenvalue weighted by atomic mass is 10.0. The molecular weight excluding hydrogens is 552 g/mol. The molecule has 1 aliphatic heterocycles. The van der Waals surface area contributed by atoms with Gasteiger partial charge in [-0.3, -0.25) is 14.4 Å². The zero-order chi connectivity index (χ0) is 30.7. The van der Waals surface area contributed by atoms with Gasteiger partial charge in [0.15, 0.2) is 0 Å². The maximum Gasteiger partial charge on any atom is 0.326 e. The van der Waals surface area contributed by atoms with Crippen LogP contribution < -0.4 is 16.4 Å². The summed E-state index contributed by atoms with van der Waals surface area (Å²) in [4.78, 5) is 59.6. The average molecular weight is 589 g/mol. The van der Waals surface area contributed by atoms with Gasteiger partial charge in [0.1, 0.15) is 18.1 Å². The molecule has 3 heterocycles. The van der Waals surface area contributed by atoms with Crippen LogP contribution in [-0.4, -0.2) is 85.6 Å². The second-order valence-electron chi connectivity index (χ2n) is 11.0. The second-order valence-corrected chi connectivity index (χ2v) is 11.0. The summed E-state index contributed by atoms with van der Waals surface area (Å²) in [5.74, 6) is -3.10. The van der Waals surface area contributed by atoms with E-state index in [1.54, 1.807) is 6.20 Å². The van der Waals surface area contributed by atoms with Crippen molar-refractivity contribution >= 4 is 45.5 Å². The van der Waals surface area contributed by atoms with Crippen molar-refractivity contribution in [3.05, 3.63) is 72.1 Å². The maximum atomic E-state index is 13.4. The van der Waals surface area contributed by atoms with E-state index in [1.165, 1.54) is 11.8 Å². The van der Waals surface area contributed by atoms with E-state index in [0.29, 0.717) is 24.9 Å². The number of aromatic amines is 2. The number of aromatic nitrogens is 2. The molecule has 1 saturated heterocycles. The lowest BCUT2D eigenvalue weighted by molar-refractivity contribution is -0.144. The van der Waals surface area contributed by atoms with Crippen LogP contribution in [0.25, 0.3) is 21.8 Å². The highest BCUT2D eigenvalue weighted by atomic mass is 16.4. The van der Waals surface area contributed by atoms with E-state index >= 15 is 0 Å². The topological polar surface area (TPSA) is 194 Å². The van der Waals surface area contributed by atoms with Gasteiger partial charge in [0.25, 0.3) is 0 Å². The number of carboxylic acid groups (broad SMARTS) is 1. The predicted molar refractivity (Wildman–Crippen MR) is 160 cm³/mol. The Kier molecular flexibility index (Phi) is 8.78. The number of aliphatic hydroxyl groups is 1. The van der Waals surface area contributed by atoms with Gasteiger partial charge < -0.3 is 41.4 Å². The van der Waals surface area contributed by atoms with Gasteiger partial charge in [-0.15, -0.1) is 0 Å². The number of nitrogens with one attached hydrogen (secondary N) is 4. The number of carbonyl (C=O) groups excluding carboxylic acids is 3. The number of rotatable bonds is 11. The molecule has 226 valence electrons. The summed E-state index contributed by atoms with van der Waals surface area (Å²) in [6.07, 6.45) is 3.38. The smallest absolute Gasteiger partial charge is 0.326 e. The van der Waals surface area contributed by atoms with Crippen molar-refractivity contribution in [3.63, 3.8) is 0 Å². The molecule has 12 heteroatoms. The van der Waals surface area contributed by atoms with Crippen LogP contribution in [0.2, 0.25) is 0 Å². The average Bonchev–Trinajstić information content (AvgIpc) is 3.74. The van der Waals surface area contributed by atoms with Crippen molar-refractivity contribution in [2.75, 3.05) is 6.54 Å². The van der Waals surface area contributed by atoms with Gasteiger partial charge in [-0.1, -0.05) is 36.4 Å². The van der Waals surface area contributed by atoms with Crippen LogP contribution in [0.4, 0.5) is 0 Å². The first kappa shape index (κ1) is 29.8. The Bertz CT molecular complexity index is 1640. The number of amides is 3. The van der Waals surface area contributed by atoms with Crippen LogP contribution >= 0.6 is 0 Å². The molecule has 0 saturated carbocycles. The summed E-state index contributed by atoms with van der Waals surface area (Å²) < 4.78 is 0. The van der Waals surface area contributed by atoms with Crippen LogP contribution in [0, 0.1) is 0 Å². The normalized spacial score (nSPS) is 17.8. The van der Waals surface area contributed by atoms with Crippen LogP contribution in [0.5, 0.6) is 0 Å². The maximum absolute atomic E-state index is 13.4. The van der Waals surface area contributed by atoms with Crippen molar-refractivity contribution in [1.29, 1.82) is 0 Å². The van der Waals surface area contributed by atoms with E-state index in [4.69, 9.17) is 5.73 Å². The van der Waals surface area contributed by atoms with E-state index in [1.807, 2.05) is 54.7 Å². The van der Waals surface area contributed by atoms with Crippen LogP contribution in [0.1, 0.15) is 30.9 Å². The minimum Gasteiger partial charge on any atom is -0.480 e. The molecule has 0 bridgehead atoms. The number of nitrogens with zero attached hydrogens (tertiary/aromatic N) is 1. The van der Waals surface area contributed by atoms with Gasteiger partial charge in [-0.2, -0.15) is 0 Å². The minimum absolute atomic E-state index is 0.00914. The number of nitrogens with two attached hydrogens (primary N) is 1. The highest BCUT2D eigenvalue weighted by Crippen LogP contribution is 2.23. The highest BCUT2D eigenvalue weighted by Gasteiger charge is 2.39. The number of hydrogen-bond donors (Lipinski definition) is 7. The number of carboxylic acids is 1. The third-order valence-electron chi connectivity index (χ3n) is 8.05. The van der Waals surface area contributed by atoms with E-state index in [-0.39, 0.29) is 18.7 Å². The van der Waals surface area contributed by atoms with Crippen LogP contribution in [0.15, 0.2) is 60.9 Å². The fourth-order valence-electron chi connectivity index (χ4n) is 5.78. The molecule has 0 radical (unpaired) electrons. The fraction of sp³-hybridized carbons (Fsp3) is 0.355. The first-order chi connectivity index (χ1) is 20.6. The molecule has 5 rings (SSSR count). The number of para-hydroxylation sites is 2. The van der Waals surface area contributed by atoms with Crippen molar-refractivity contribution in [1.82, 2.24) is 25.5 Å². The number of benzene rings is 2. The fourth-order valence-corrected chi connectivity index (χ4v) is 5.78. The van der Waals surface area contributed by atoms with Crippen LogP contribution in [0.3, 0.4) is 0 Å². The molecule has 1 fully saturated rings. The van der Waals surface area contributed by atoms with Crippen molar-refractivity contribution in [2.45, 2.75) is 62.9 Å². The molecule has 12 nitrogen and oxygen atoms in total. The lowest BCUT2D eigenvalue weighted by Crippen LogP contribution is -2.59. The summed E-state index contributed by atoms with van der Waals surface area (Å²) in [5.41, 5.74) is 9.67. The quantitative estimate of drug-likeness (QED) is 0.137. The minimum atomic E-state index is -1.44. The number of fused-ring (bicyclic) bond motifs is 2. The third kappa shape index (κ3) is 6.40. The largest absolute Gasteiger partial charge is 0.480 e. The van der Waals surface area contributed by atoms with Gasteiger partial charge in [0.2, 0.25) is 17.7 Å². The molecule has 0 spiro atoms. The predicted octanol–water partition coefficient (Wildman–Crippen LogP) is 1.19. The lowest BCUT2D eigenvalue weighted by Gasteiger charge is -2.29. The summed E-state index contributed by atoms with van der Waals surface area (Å²) in [6, 6.07) is 10.6. The van der Waals surface area contributed by atoms with Gasteiger partial charge in [0.05, 0.1) is 12.1 Å². The van der Waals surface area contributed by atoms with E-state index in [0.717, 1.165) is 27.4 Å². The number of carbonyl (C=O) groups is 4. The molecule has 2 aromatic heterocycles. The molecule has 43 heavy (non-hydrogen) atoms. The molecule has 8 N–H and O–H groups in total. The Balaban J connectivity index is 1.23. The van der Waals surface area contributed by atoms with E-state index in [9.17, 15) is 29.4 Å². The van der Waals surface area contributed by atoms with Crippen molar-refractivity contribution in [2.24, 2.45) is 5.73 Å². The van der Waals surface area contributed by atoms with Crippen LogP contribution in [-0.2, 0) is 32.0 Å². The molecule has 0 aliphatic carbocycles. The van der Waals surface area contributed by atoms with Gasteiger partial charge in [-0.05, 0) is 49.4 Å². The molecule has 5 atom stereocenters. The highest BCUT2D eigenvalue weighted by molar-refractivity contribution is 5.95. The first-order valence-electron chi connectivity index (χ1n) is 14.3. The Labute approximate surface area is 247 Å². The van der Waals surface area contributed by atoms with Crippen molar-refractivity contribution in [3.8, 4) is 0 Å². The standard InChI is InChI=1S/C31H36N6O6/c1-17(38)27(29(40)35-25(31(42)43)14-19-16-34-24-10-5-3-8-21(19)24)36-28(39)26-11-6-12-37(26)30(41)22(32)13-18-15-33-23-9-4-2-7-20(18)23/h2-5,7-10,15-17,22,25-27,33-34,38H,6,11-14,32H2,1H3,(H,35,40)(H,36,39)(H,42,43). The van der Waals surface area contributed by atoms with E-state index in [2.05, 4.69) is 20.6 Å². The number of H-pyrrole nitrogens is 2. The zero-order valence-corrected chi connectivity index (χ0v) is 23.7.